The maximum absolute atomic E-state index is 12.1. The minimum atomic E-state index is -0.935. The van der Waals surface area contributed by atoms with Crippen molar-refractivity contribution in [2.45, 2.75) is 19.4 Å². The fourth-order valence-electron chi connectivity index (χ4n) is 1.75. The molecule has 1 amide bonds. The summed E-state index contributed by atoms with van der Waals surface area (Å²) in [5, 5.41) is 2.56. The minimum absolute atomic E-state index is 0.00705. The van der Waals surface area contributed by atoms with E-state index in [4.69, 9.17) is 0 Å². The van der Waals surface area contributed by atoms with Crippen molar-refractivity contribution in [2.24, 2.45) is 5.92 Å². The van der Waals surface area contributed by atoms with Crippen molar-refractivity contribution in [3.05, 3.63) is 30.1 Å². The van der Waals surface area contributed by atoms with Crippen molar-refractivity contribution in [1.29, 1.82) is 0 Å². The first-order valence-corrected chi connectivity index (χ1v) is 6.35. The topological polar surface area (TPSA) is 94.6 Å². The summed E-state index contributed by atoms with van der Waals surface area (Å²) in [5.74, 6) is -1.98. The van der Waals surface area contributed by atoms with Crippen LogP contribution in [0.4, 0.5) is 0 Å². The summed E-state index contributed by atoms with van der Waals surface area (Å²) in [6, 6.07) is 2.11. The molecule has 1 aromatic rings. The lowest BCUT2D eigenvalue weighted by Gasteiger charge is -2.22. The summed E-state index contributed by atoms with van der Waals surface area (Å²) >= 11 is 0. The molecule has 0 saturated heterocycles. The van der Waals surface area contributed by atoms with Gasteiger partial charge in [0, 0.05) is 18.0 Å². The molecule has 7 heteroatoms. The smallest absolute Gasteiger partial charge is 0.328 e. The van der Waals surface area contributed by atoms with Gasteiger partial charge in [0.25, 0.3) is 5.91 Å². The van der Waals surface area contributed by atoms with Crippen LogP contribution < -0.4 is 5.32 Å². The van der Waals surface area contributed by atoms with E-state index in [2.05, 4.69) is 19.8 Å². The molecular formula is C14H18N2O5. The van der Waals surface area contributed by atoms with Crippen LogP contribution in [0.3, 0.4) is 0 Å². The molecule has 0 aliphatic heterocycles. The Hall–Kier alpha value is -2.44. The van der Waals surface area contributed by atoms with Crippen LogP contribution in [0.5, 0.6) is 0 Å². The van der Waals surface area contributed by atoms with Crippen molar-refractivity contribution in [3.8, 4) is 0 Å². The van der Waals surface area contributed by atoms with Gasteiger partial charge in [-0.1, -0.05) is 6.92 Å². The number of methoxy groups -OCH3 is 2. The molecule has 1 heterocycles. The first kappa shape index (κ1) is 16.6. The number of ether oxygens (including phenoxy) is 2. The quantitative estimate of drug-likeness (QED) is 0.770. The van der Waals surface area contributed by atoms with E-state index in [-0.39, 0.29) is 6.42 Å². The van der Waals surface area contributed by atoms with Gasteiger partial charge in [0.05, 0.1) is 20.6 Å². The van der Waals surface area contributed by atoms with Crippen LogP contribution in [0, 0.1) is 5.92 Å². The van der Waals surface area contributed by atoms with Crippen LogP contribution in [0.15, 0.2) is 24.5 Å². The zero-order chi connectivity index (χ0) is 15.8. The van der Waals surface area contributed by atoms with Gasteiger partial charge < -0.3 is 14.8 Å². The summed E-state index contributed by atoms with van der Waals surface area (Å²) in [6.07, 6.45) is 2.94. The number of hydrogen-bond acceptors (Lipinski definition) is 6. The van der Waals surface area contributed by atoms with E-state index in [0.717, 1.165) is 0 Å². The Morgan fingerprint density at radius 3 is 2.33 bits per heavy atom. The van der Waals surface area contributed by atoms with E-state index < -0.39 is 29.8 Å². The molecule has 0 bridgehead atoms. The third kappa shape index (κ3) is 4.87. The third-order valence-corrected chi connectivity index (χ3v) is 2.97. The molecule has 0 radical (unpaired) electrons. The molecule has 0 aliphatic rings. The largest absolute Gasteiger partial charge is 0.469 e. The van der Waals surface area contributed by atoms with Crippen LogP contribution in [-0.4, -0.2) is 43.1 Å². The zero-order valence-corrected chi connectivity index (χ0v) is 12.2. The van der Waals surface area contributed by atoms with Crippen molar-refractivity contribution in [2.75, 3.05) is 14.2 Å². The van der Waals surface area contributed by atoms with Gasteiger partial charge in [-0.3, -0.25) is 14.6 Å². The minimum Gasteiger partial charge on any atom is -0.469 e. The summed E-state index contributed by atoms with van der Waals surface area (Å²) < 4.78 is 9.23. The molecule has 0 unspecified atom stereocenters. The van der Waals surface area contributed by atoms with E-state index in [1.165, 1.54) is 38.7 Å². The lowest BCUT2D eigenvalue weighted by Crippen LogP contribution is -2.46. The number of nitrogens with zero attached hydrogens (tertiary/aromatic N) is 1. The number of amides is 1. The van der Waals surface area contributed by atoms with Gasteiger partial charge in [-0.2, -0.15) is 0 Å². The second-order valence-electron chi connectivity index (χ2n) is 4.47. The first-order valence-electron chi connectivity index (χ1n) is 6.35. The Morgan fingerprint density at radius 2 is 1.81 bits per heavy atom. The van der Waals surface area contributed by atoms with E-state index in [1.54, 1.807) is 6.92 Å². The molecule has 1 aromatic heterocycles. The maximum Gasteiger partial charge on any atom is 0.328 e. The van der Waals surface area contributed by atoms with Gasteiger partial charge in [-0.05, 0) is 18.1 Å². The molecule has 0 spiro atoms. The Morgan fingerprint density at radius 1 is 1.19 bits per heavy atom. The number of rotatable bonds is 6. The number of esters is 2. The number of hydrogen-bond donors (Lipinski definition) is 1. The van der Waals surface area contributed by atoms with Gasteiger partial charge in [-0.25, -0.2) is 4.79 Å². The van der Waals surface area contributed by atoms with Crippen molar-refractivity contribution in [3.63, 3.8) is 0 Å². The predicted octanol–water partition coefficient (Wildman–Crippen LogP) is 0.552. The Bertz CT molecular complexity index is 503. The molecule has 0 aromatic carbocycles. The molecule has 1 N–H and O–H groups in total. The van der Waals surface area contributed by atoms with Crippen LogP contribution in [-0.2, 0) is 19.1 Å². The van der Waals surface area contributed by atoms with Gasteiger partial charge in [0.2, 0.25) is 0 Å². The Labute approximate surface area is 122 Å². The molecule has 7 nitrogen and oxygen atoms in total. The second-order valence-corrected chi connectivity index (χ2v) is 4.47. The highest BCUT2D eigenvalue weighted by atomic mass is 16.5. The fourth-order valence-corrected chi connectivity index (χ4v) is 1.75. The van der Waals surface area contributed by atoms with Crippen LogP contribution in [0.1, 0.15) is 23.7 Å². The summed E-state index contributed by atoms with van der Waals surface area (Å²) in [6.45, 7) is 1.66. The summed E-state index contributed by atoms with van der Waals surface area (Å²) in [4.78, 5) is 39.0. The average molecular weight is 294 g/mol. The highest BCUT2D eigenvalue weighted by molar-refractivity contribution is 5.96. The molecular weight excluding hydrogens is 276 g/mol. The summed E-state index contributed by atoms with van der Waals surface area (Å²) in [7, 11) is 2.48. The number of carbonyl (C=O) groups excluding carboxylic acids is 3. The van der Waals surface area contributed by atoms with E-state index in [1.807, 2.05) is 0 Å². The number of carbonyl (C=O) groups is 3. The number of nitrogens with one attached hydrogen (secondary N) is 1. The average Bonchev–Trinajstić information content (AvgIpc) is 2.52. The van der Waals surface area contributed by atoms with Gasteiger partial charge in [-0.15, -0.1) is 0 Å². The van der Waals surface area contributed by atoms with Gasteiger partial charge in [0.1, 0.15) is 6.04 Å². The summed E-state index contributed by atoms with van der Waals surface area (Å²) in [5.41, 5.74) is 0.365. The SMILES string of the molecule is COC(=O)C[C@@H](C)[C@@H](NC(=O)c1ccncc1)C(=O)OC. The Kier molecular flexibility index (Phi) is 6.32. The number of aromatic nitrogens is 1. The maximum atomic E-state index is 12.1. The molecule has 0 fully saturated rings. The molecule has 21 heavy (non-hydrogen) atoms. The fraction of sp³-hybridized carbons (Fsp3) is 0.429. The molecule has 0 saturated carbocycles. The standard InChI is InChI=1S/C14H18N2O5/c1-9(8-11(17)20-2)12(14(19)21-3)16-13(18)10-4-6-15-7-5-10/h4-7,9,12H,8H2,1-3H3,(H,16,18)/t9-,12-/m1/s1. The van der Waals surface area contributed by atoms with E-state index in [0.29, 0.717) is 5.56 Å². The molecule has 0 aliphatic carbocycles. The van der Waals surface area contributed by atoms with Crippen molar-refractivity contribution >= 4 is 17.8 Å². The van der Waals surface area contributed by atoms with Crippen LogP contribution in [0.25, 0.3) is 0 Å². The Balaban J connectivity index is 2.81. The zero-order valence-electron chi connectivity index (χ0n) is 12.2. The van der Waals surface area contributed by atoms with E-state index >= 15 is 0 Å². The molecule has 1 rings (SSSR count). The first-order chi connectivity index (χ1) is 9.99. The number of pyridine rings is 1. The highest BCUT2D eigenvalue weighted by Gasteiger charge is 2.29. The van der Waals surface area contributed by atoms with Crippen molar-refractivity contribution in [1.82, 2.24) is 10.3 Å². The predicted molar refractivity (Wildman–Crippen MR) is 73.3 cm³/mol. The lowest BCUT2D eigenvalue weighted by molar-refractivity contribution is -0.146. The van der Waals surface area contributed by atoms with E-state index in [9.17, 15) is 14.4 Å². The van der Waals surface area contributed by atoms with Gasteiger partial charge >= 0.3 is 11.9 Å². The molecule has 114 valence electrons. The van der Waals surface area contributed by atoms with Crippen molar-refractivity contribution < 1.29 is 23.9 Å². The highest BCUT2D eigenvalue weighted by Crippen LogP contribution is 2.12. The van der Waals surface area contributed by atoms with Crippen LogP contribution in [0.2, 0.25) is 0 Å². The lowest BCUT2D eigenvalue weighted by atomic mass is 9.98. The van der Waals surface area contributed by atoms with Crippen LogP contribution >= 0.6 is 0 Å². The third-order valence-electron chi connectivity index (χ3n) is 2.97. The monoisotopic (exact) mass is 294 g/mol. The normalized spacial score (nSPS) is 12.9. The second kappa shape index (κ2) is 7.98. The molecule has 2 atom stereocenters. The van der Waals surface area contributed by atoms with Gasteiger partial charge in [0.15, 0.2) is 0 Å².